The molecule has 128 valence electrons. The topological polar surface area (TPSA) is 145 Å². The van der Waals surface area contributed by atoms with Gasteiger partial charge >= 0.3 is 12.0 Å². The van der Waals surface area contributed by atoms with Gasteiger partial charge < -0.3 is 26.2 Å². The van der Waals surface area contributed by atoms with Crippen LogP contribution in [0.25, 0.3) is 0 Å². The van der Waals surface area contributed by atoms with Crippen molar-refractivity contribution in [3.63, 3.8) is 0 Å². The predicted octanol–water partition coefficient (Wildman–Crippen LogP) is -1.16. The molecule has 0 aromatic rings. The van der Waals surface area contributed by atoms with Gasteiger partial charge in [0.2, 0.25) is 5.91 Å². The highest BCUT2D eigenvalue weighted by atomic mass is 32.2. The molecule has 10 heteroatoms. The summed E-state index contributed by atoms with van der Waals surface area (Å²) in [6, 6.07) is -0.885. The second-order valence-electron chi connectivity index (χ2n) is 5.39. The van der Waals surface area contributed by atoms with Crippen molar-refractivity contribution < 1.29 is 24.6 Å². The predicted molar refractivity (Wildman–Crippen MR) is 83.1 cm³/mol. The Morgan fingerprint density at radius 2 is 2.22 bits per heavy atom. The van der Waals surface area contributed by atoms with Crippen molar-refractivity contribution >= 4 is 29.7 Å². The van der Waals surface area contributed by atoms with Crippen LogP contribution in [-0.2, 0) is 9.59 Å². The third kappa shape index (κ3) is 3.59. The summed E-state index contributed by atoms with van der Waals surface area (Å²) >= 11 is 1.36. The van der Waals surface area contributed by atoms with Crippen LogP contribution < -0.4 is 16.4 Å². The Bertz CT molecular complexity index is 550. The highest BCUT2D eigenvalue weighted by Gasteiger charge is 2.56. The molecular formula is C13H20N4O5S. The Morgan fingerprint density at radius 1 is 1.52 bits per heavy atom. The second-order valence-corrected chi connectivity index (χ2v) is 6.58. The molecule has 0 unspecified atom stereocenters. The maximum absolute atomic E-state index is 12.0. The van der Waals surface area contributed by atoms with Gasteiger partial charge in [0.1, 0.15) is 5.70 Å². The first kappa shape index (κ1) is 17.6. The van der Waals surface area contributed by atoms with Gasteiger partial charge in [0.25, 0.3) is 0 Å². The molecule has 0 spiro atoms. The third-order valence-corrected chi connectivity index (χ3v) is 4.95. The summed E-state index contributed by atoms with van der Waals surface area (Å²) in [7, 11) is 0. The summed E-state index contributed by atoms with van der Waals surface area (Å²) in [6.07, 6.45) is -0.336. The maximum atomic E-state index is 12.0. The maximum Gasteiger partial charge on any atom is 0.353 e. The standard InChI is InChI=1S/C13H20N4O5S/c1-6(18)9-7-4-8(10(12(20)21)17(7)11(9)19)23-3-2-15-5-16-13(14)22/h6-7,9,15,18H,2-5H2,1H3,(H,20,21)(H3,14,16,22)/t6-,7-,9-/m1/s1. The highest BCUT2D eigenvalue weighted by molar-refractivity contribution is 8.03. The fraction of sp³-hybridized carbons (Fsp3) is 0.615. The molecule has 0 aliphatic carbocycles. The summed E-state index contributed by atoms with van der Waals surface area (Å²) < 4.78 is 0. The monoisotopic (exact) mass is 344 g/mol. The largest absolute Gasteiger partial charge is 0.477 e. The van der Waals surface area contributed by atoms with E-state index in [9.17, 15) is 24.6 Å². The lowest BCUT2D eigenvalue weighted by molar-refractivity contribution is -0.161. The number of nitrogens with zero attached hydrogens (tertiary/aromatic N) is 1. The van der Waals surface area contributed by atoms with Crippen molar-refractivity contribution in [3.8, 4) is 0 Å². The minimum absolute atomic E-state index is 0.0251. The molecule has 2 heterocycles. The minimum Gasteiger partial charge on any atom is -0.477 e. The molecule has 6 N–H and O–H groups in total. The van der Waals surface area contributed by atoms with Gasteiger partial charge in [-0.3, -0.25) is 10.1 Å². The van der Waals surface area contributed by atoms with E-state index in [0.717, 1.165) is 0 Å². The van der Waals surface area contributed by atoms with Gasteiger partial charge in [0, 0.05) is 23.6 Å². The highest BCUT2D eigenvalue weighted by Crippen LogP contribution is 2.46. The van der Waals surface area contributed by atoms with E-state index in [2.05, 4.69) is 10.6 Å². The van der Waals surface area contributed by atoms with Crippen LogP contribution in [0, 0.1) is 5.92 Å². The van der Waals surface area contributed by atoms with E-state index in [1.165, 1.54) is 16.7 Å². The van der Waals surface area contributed by atoms with Gasteiger partial charge in [-0.2, -0.15) is 0 Å². The number of carboxylic acids is 1. The first-order valence-corrected chi connectivity index (χ1v) is 8.17. The fourth-order valence-corrected chi connectivity index (χ4v) is 3.95. The van der Waals surface area contributed by atoms with Gasteiger partial charge in [0.05, 0.1) is 24.7 Å². The van der Waals surface area contributed by atoms with Gasteiger partial charge in [-0.25, -0.2) is 9.59 Å². The summed E-state index contributed by atoms with van der Waals surface area (Å²) in [5, 5.41) is 24.3. The molecule has 2 aliphatic heterocycles. The van der Waals surface area contributed by atoms with Crippen LogP contribution in [0.15, 0.2) is 10.6 Å². The molecule has 2 rings (SSSR count). The number of urea groups is 1. The van der Waals surface area contributed by atoms with Crippen LogP contribution in [0.1, 0.15) is 13.3 Å². The Hall–Kier alpha value is -1.78. The zero-order valence-corrected chi connectivity index (χ0v) is 13.4. The molecule has 3 amide bonds. The number of carbonyl (C=O) groups is 3. The summed E-state index contributed by atoms with van der Waals surface area (Å²) in [5.41, 5.74) is 4.95. The number of carbonyl (C=O) groups excluding carboxylic acids is 2. The number of aliphatic hydroxyl groups excluding tert-OH is 1. The first-order chi connectivity index (χ1) is 10.8. The molecule has 9 nitrogen and oxygen atoms in total. The lowest BCUT2D eigenvalue weighted by Crippen LogP contribution is -2.61. The van der Waals surface area contributed by atoms with Crippen LogP contribution >= 0.6 is 11.8 Å². The quantitative estimate of drug-likeness (QED) is 0.212. The number of nitrogens with one attached hydrogen (secondary N) is 2. The summed E-state index contributed by atoms with van der Waals surface area (Å²) in [6.45, 7) is 2.32. The van der Waals surface area contributed by atoms with Crippen LogP contribution in [-0.4, -0.2) is 64.1 Å². The minimum atomic E-state index is -1.13. The Morgan fingerprint density at radius 3 is 2.78 bits per heavy atom. The zero-order chi connectivity index (χ0) is 17.1. The molecule has 3 atom stereocenters. The fourth-order valence-electron chi connectivity index (χ4n) is 2.84. The van der Waals surface area contributed by atoms with E-state index < -0.39 is 24.0 Å². The normalized spacial score (nSPS) is 24.3. The number of carboxylic acid groups (broad SMARTS) is 1. The van der Waals surface area contributed by atoms with Crippen molar-refractivity contribution in [1.82, 2.24) is 15.5 Å². The number of hydrogen-bond acceptors (Lipinski definition) is 6. The lowest BCUT2D eigenvalue weighted by atomic mass is 9.83. The molecule has 2 aliphatic rings. The molecule has 0 aromatic heterocycles. The number of hydrogen-bond donors (Lipinski definition) is 5. The Balaban J connectivity index is 1.89. The molecule has 0 radical (unpaired) electrons. The van der Waals surface area contributed by atoms with Gasteiger partial charge in [-0.15, -0.1) is 11.8 Å². The molecule has 0 bridgehead atoms. The lowest BCUT2D eigenvalue weighted by Gasteiger charge is -2.44. The number of aliphatic carboxylic acids is 1. The first-order valence-electron chi connectivity index (χ1n) is 7.19. The van der Waals surface area contributed by atoms with Crippen LogP contribution in [0.3, 0.4) is 0 Å². The molecule has 1 saturated heterocycles. The number of primary amides is 1. The molecule has 0 saturated carbocycles. The summed E-state index contributed by atoms with van der Waals surface area (Å²) in [5.74, 6) is -1.40. The van der Waals surface area contributed by atoms with Gasteiger partial charge in [0.15, 0.2) is 0 Å². The molecule has 0 aromatic carbocycles. The van der Waals surface area contributed by atoms with E-state index in [-0.39, 0.29) is 24.3 Å². The molecule has 1 fully saturated rings. The van der Waals surface area contributed by atoms with E-state index in [1.54, 1.807) is 6.92 Å². The van der Waals surface area contributed by atoms with E-state index in [4.69, 9.17) is 5.73 Å². The summed E-state index contributed by atoms with van der Waals surface area (Å²) in [4.78, 5) is 35.9. The average molecular weight is 344 g/mol. The van der Waals surface area contributed by atoms with Crippen molar-refractivity contribution in [2.45, 2.75) is 25.5 Å². The van der Waals surface area contributed by atoms with Gasteiger partial charge in [-0.05, 0) is 6.92 Å². The zero-order valence-electron chi connectivity index (χ0n) is 12.6. The van der Waals surface area contributed by atoms with Crippen LogP contribution in [0.4, 0.5) is 4.79 Å². The van der Waals surface area contributed by atoms with E-state index in [0.29, 0.717) is 23.6 Å². The van der Waals surface area contributed by atoms with E-state index >= 15 is 0 Å². The average Bonchev–Trinajstić information content (AvgIpc) is 2.76. The van der Waals surface area contributed by atoms with Crippen molar-refractivity contribution in [2.24, 2.45) is 11.7 Å². The van der Waals surface area contributed by atoms with Crippen molar-refractivity contribution in [1.29, 1.82) is 0 Å². The Kier molecular flexibility index (Phi) is 5.50. The third-order valence-electron chi connectivity index (χ3n) is 3.83. The number of nitrogens with two attached hydrogens (primary N) is 1. The number of fused-ring (bicyclic) bond motifs is 1. The van der Waals surface area contributed by atoms with Crippen LogP contribution in [0.2, 0.25) is 0 Å². The number of β-lactam (4-membered cyclic amide) rings is 1. The van der Waals surface area contributed by atoms with Crippen LogP contribution in [0.5, 0.6) is 0 Å². The SMILES string of the molecule is C[C@@H](O)[C@H]1C(=O)N2C(C(=O)O)=C(SCCNCNC(N)=O)C[C@H]12. The van der Waals surface area contributed by atoms with Gasteiger partial charge in [-0.1, -0.05) is 0 Å². The number of rotatable bonds is 8. The molecular weight excluding hydrogens is 324 g/mol. The number of thioether (sulfide) groups is 1. The number of amides is 3. The molecule has 23 heavy (non-hydrogen) atoms. The van der Waals surface area contributed by atoms with Crippen molar-refractivity contribution in [2.75, 3.05) is 19.0 Å². The smallest absolute Gasteiger partial charge is 0.353 e. The Labute approximate surface area is 137 Å². The second kappa shape index (κ2) is 7.20. The van der Waals surface area contributed by atoms with E-state index in [1.807, 2.05) is 0 Å². The van der Waals surface area contributed by atoms with Crippen molar-refractivity contribution in [3.05, 3.63) is 10.6 Å². The number of aliphatic hydroxyl groups is 1.